The van der Waals surface area contributed by atoms with Gasteiger partial charge in [-0.1, -0.05) is 35.3 Å². The molecule has 1 unspecified atom stereocenters. The molecule has 7 nitrogen and oxygen atoms in total. The third-order valence-corrected chi connectivity index (χ3v) is 7.45. The van der Waals surface area contributed by atoms with Crippen LogP contribution in [-0.2, 0) is 20.6 Å². The fraction of sp³-hybridized carbons (Fsp3) is 0.300. The van der Waals surface area contributed by atoms with Crippen LogP contribution in [-0.4, -0.2) is 37.6 Å². The molecule has 0 bridgehead atoms. The van der Waals surface area contributed by atoms with Crippen LogP contribution >= 0.6 is 23.2 Å². The van der Waals surface area contributed by atoms with E-state index in [2.05, 4.69) is 5.32 Å². The molecule has 0 aromatic heterocycles. The molecule has 30 heavy (non-hydrogen) atoms. The molecule has 3 rings (SSSR count). The smallest absolute Gasteiger partial charge is 0.248 e. The lowest BCUT2D eigenvalue weighted by atomic mass is 9.98. The maximum Gasteiger partial charge on any atom is 0.248 e. The van der Waals surface area contributed by atoms with Crippen molar-refractivity contribution in [1.82, 2.24) is 4.31 Å². The first-order chi connectivity index (χ1) is 14.2. The first kappa shape index (κ1) is 22.6. The van der Waals surface area contributed by atoms with E-state index in [1.165, 1.54) is 16.4 Å². The highest BCUT2D eigenvalue weighted by atomic mass is 35.5. The van der Waals surface area contributed by atoms with Gasteiger partial charge in [-0.25, -0.2) is 12.7 Å². The van der Waals surface area contributed by atoms with E-state index in [9.17, 15) is 18.0 Å². The van der Waals surface area contributed by atoms with Crippen molar-refractivity contribution >= 4 is 50.7 Å². The van der Waals surface area contributed by atoms with Crippen molar-refractivity contribution in [3.8, 4) is 0 Å². The number of rotatable bonds is 6. The average Bonchev–Trinajstić information content (AvgIpc) is 2.71. The zero-order valence-electron chi connectivity index (χ0n) is 16.0. The van der Waals surface area contributed by atoms with Gasteiger partial charge in [0.2, 0.25) is 21.8 Å². The number of nitrogens with zero attached hydrogens (tertiary/aromatic N) is 1. The maximum atomic E-state index is 12.9. The molecule has 2 aromatic carbocycles. The topological polar surface area (TPSA) is 110 Å². The molecule has 0 aliphatic carbocycles. The predicted octanol–water partition coefficient (Wildman–Crippen LogP) is 3.27. The minimum atomic E-state index is -3.63. The van der Waals surface area contributed by atoms with E-state index in [0.717, 1.165) is 0 Å². The lowest BCUT2D eigenvalue weighted by Gasteiger charge is -2.31. The van der Waals surface area contributed by atoms with Gasteiger partial charge in [-0.15, -0.1) is 0 Å². The molecule has 10 heteroatoms. The van der Waals surface area contributed by atoms with Gasteiger partial charge in [0.15, 0.2) is 0 Å². The van der Waals surface area contributed by atoms with Crippen LogP contribution in [0.5, 0.6) is 0 Å². The molecule has 1 saturated heterocycles. The number of hydrogen-bond donors (Lipinski definition) is 2. The summed E-state index contributed by atoms with van der Waals surface area (Å²) in [7, 11) is -3.63. The number of halogens is 2. The van der Waals surface area contributed by atoms with E-state index in [0.29, 0.717) is 40.7 Å². The van der Waals surface area contributed by atoms with Gasteiger partial charge in [0.25, 0.3) is 0 Å². The second-order valence-electron chi connectivity index (χ2n) is 7.14. The van der Waals surface area contributed by atoms with Crippen molar-refractivity contribution < 1.29 is 18.0 Å². The van der Waals surface area contributed by atoms with Crippen molar-refractivity contribution in [2.75, 3.05) is 18.4 Å². The molecule has 1 aliphatic rings. The van der Waals surface area contributed by atoms with Gasteiger partial charge in [-0.05, 0) is 48.7 Å². The van der Waals surface area contributed by atoms with E-state index in [4.69, 9.17) is 28.9 Å². The van der Waals surface area contributed by atoms with Gasteiger partial charge < -0.3 is 11.1 Å². The fourth-order valence-electron chi connectivity index (χ4n) is 3.33. The summed E-state index contributed by atoms with van der Waals surface area (Å²) in [6, 6.07) is 11.0. The first-order valence-electron chi connectivity index (χ1n) is 9.28. The number of carbonyl (C=O) groups is 2. The molecule has 2 amide bonds. The van der Waals surface area contributed by atoms with Gasteiger partial charge >= 0.3 is 0 Å². The summed E-state index contributed by atoms with van der Waals surface area (Å²) in [6.07, 6.45) is 1.14. The van der Waals surface area contributed by atoms with Crippen molar-refractivity contribution in [3.05, 3.63) is 63.6 Å². The monoisotopic (exact) mass is 469 g/mol. The Morgan fingerprint density at radius 3 is 2.60 bits per heavy atom. The number of piperidine rings is 1. The summed E-state index contributed by atoms with van der Waals surface area (Å²) < 4.78 is 27.1. The summed E-state index contributed by atoms with van der Waals surface area (Å²) in [5.41, 5.74) is 6.51. The van der Waals surface area contributed by atoms with E-state index in [1.54, 1.807) is 30.3 Å². The quantitative estimate of drug-likeness (QED) is 0.675. The Kier molecular flexibility index (Phi) is 7.02. The highest BCUT2D eigenvalue weighted by Crippen LogP contribution is 2.26. The standard InChI is InChI=1S/C20H21Cl2N3O4S/c21-17-7-6-13(9-18(17)22)12-30(28,29)25-8-2-4-15(11-25)20(27)24-16-5-1-3-14(10-16)19(23)26/h1,3,5-7,9-10,15H,2,4,8,11-12H2,(H2,23,26)(H,24,27). The van der Waals surface area contributed by atoms with Crippen molar-refractivity contribution in [1.29, 1.82) is 0 Å². The van der Waals surface area contributed by atoms with Gasteiger partial charge in [0, 0.05) is 24.3 Å². The van der Waals surface area contributed by atoms with Crippen LogP contribution in [0.25, 0.3) is 0 Å². The van der Waals surface area contributed by atoms with Crippen LogP contribution in [0.1, 0.15) is 28.8 Å². The number of anilines is 1. The number of hydrogen-bond acceptors (Lipinski definition) is 4. The summed E-state index contributed by atoms with van der Waals surface area (Å²) in [4.78, 5) is 24.0. The summed E-state index contributed by atoms with van der Waals surface area (Å²) in [6.45, 7) is 0.440. The van der Waals surface area contributed by atoms with E-state index in [1.807, 2.05) is 0 Å². The lowest BCUT2D eigenvalue weighted by molar-refractivity contribution is -0.120. The number of carbonyl (C=O) groups excluding carboxylic acids is 2. The highest BCUT2D eigenvalue weighted by molar-refractivity contribution is 7.88. The van der Waals surface area contributed by atoms with Gasteiger partial charge in [0.1, 0.15) is 0 Å². The second kappa shape index (κ2) is 9.34. The van der Waals surface area contributed by atoms with Crippen LogP contribution in [0.2, 0.25) is 10.0 Å². The predicted molar refractivity (Wildman–Crippen MR) is 117 cm³/mol. The molecule has 0 radical (unpaired) electrons. The molecule has 0 saturated carbocycles. The average molecular weight is 470 g/mol. The Bertz CT molecular complexity index is 1080. The number of primary amides is 1. The fourth-order valence-corrected chi connectivity index (χ4v) is 5.25. The molecule has 1 atom stereocenters. The lowest BCUT2D eigenvalue weighted by Crippen LogP contribution is -2.44. The Morgan fingerprint density at radius 1 is 1.13 bits per heavy atom. The highest BCUT2D eigenvalue weighted by Gasteiger charge is 2.32. The molecule has 2 aromatic rings. The Hall–Kier alpha value is -2.13. The largest absolute Gasteiger partial charge is 0.366 e. The number of amides is 2. The SMILES string of the molecule is NC(=O)c1cccc(NC(=O)C2CCCN(S(=O)(=O)Cc3ccc(Cl)c(Cl)c3)C2)c1. The first-order valence-corrected chi connectivity index (χ1v) is 11.6. The summed E-state index contributed by atoms with van der Waals surface area (Å²) in [5.74, 6) is -1.62. The normalized spacial score (nSPS) is 17.5. The zero-order chi connectivity index (χ0) is 21.9. The zero-order valence-corrected chi connectivity index (χ0v) is 18.3. The molecule has 3 N–H and O–H groups in total. The number of sulfonamides is 1. The van der Waals surface area contributed by atoms with E-state index < -0.39 is 21.8 Å². The number of nitrogens with one attached hydrogen (secondary N) is 1. The van der Waals surface area contributed by atoms with Crippen LogP contribution in [0.15, 0.2) is 42.5 Å². The Labute approximate surface area is 185 Å². The molecule has 160 valence electrons. The molecular weight excluding hydrogens is 449 g/mol. The molecule has 1 aliphatic heterocycles. The summed E-state index contributed by atoms with van der Waals surface area (Å²) >= 11 is 11.9. The Balaban J connectivity index is 1.67. The minimum Gasteiger partial charge on any atom is -0.366 e. The molecular formula is C20H21Cl2N3O4S. The molecule has 0 spiro atoms. The third kappa shape index (κ3) is 5.51. The van der Waals surface area contributed by atoms with Crippen molar-refractivity contribution in [3.63, 3.8) is 0 Å². The van der Waals surface area contributed by atoms with Crippen LogP contribution in [0.4, 0.5) is 5.69 Å². The number of benzene rings is 2. The molecule has 1 heterocycles. The summed E-state index contributed by atoms with van der Waals surface area (Å²) in [5, 5.41) is 3.39. The van der Waals surface area contributed by atoms with Gasteiger partial charge in [-0.2, -0.15) is 0 Å². The van der Waals surface area contributed by atoms with E-state index in [-0.39, 0.29) is 23.8 Å². The number of nitrogens with two attached hydrogens (primary N) is 1. The van der Waals surface area contributed by atoms with Crippen LogP contribution < -0.4 is 11.1 Å². The van der Waals surface area contributed by atoms with E-state index >= 15 is 0 Å². The van der Waals surface area contributed by atoms with Crippen molar-refractivity contribution in [2.24, 2.45) is 11.7 Å². The minimum absolute atomic E-state index is 0.0883. The van der Waals surface area contributed by atoms with Crippen LogP contribution in [0, 0.1) is 5.92 Å². The third-order valence-electron chi connectivity index (χ3n) is 4.90. The second-order valence-corrected chi connectivity index (χ2v) is 9.92. The Morgan fingerprint density at radius 2 is 1.90 bits per heavy atom. The van der Waals surface area contributed by atoms with Crippen molar-refractivity contribution in [2.45, 2.75) is 18.6 Å². The maximum absolute atomic E-state index is 12.9. The molecule has 1 fully saturated rings. The van der Waals surface area contributed by atoms with Crippen LogP contribution in [0.3, 0.4) is 0 Å². The van der Waals surface area contributed by atoms with Gasteiger partial charge in [0.05, 0.1) is 21.7 Å². The van der Waals surface area contributed by atoms with Gasteiger partial charge in [-0.3, -0.25) is 9.59 Å².